The highest BCUT2D eigenvalue weighted by molar-refractivity contribution is 7.33. The Morgan fingerprint density at radius 2 is 1.95 bits per heavy atom. The number of aromatic hydroxyl groups is 1. The van der Waals surface area contributed by atoms with Crippen molar-refractivity contribution in [3.8, 4) is 5.75 Å². The number of thiophene rings is 2. The van der Waals surface area contributed by atoms with Crippen LogP contribution in [-0.4, -0.2) is 16.0 Å². The SMILES string of the molecule is O=C(Nc1ncccc1O)c1cc2sc3ccccc3c2s1. The van der Waals surface area contributed by atoms with Gasteiger partial charge in [-0.2, -0.15) is 0 Å². The molecule has 6 heteroatoms. The van der Waals surface area contributed by atoms with E-state index in [1.54, 1.807) is 17.4 Å². The van der Waals surface area contributed by atoms with E-state index in [0.717, 1.165) is 9.40 Å². The summed E-state index contributed by atoms with van der Waals surface area (Å²) in [7, 11) is 0. The molecule has 4 rings (SSSR count). The van der Waals surface area contributed by atoms with E-state index in [9.17, 15) is 9.90 Å². The number of hydrogen-bond acceptors (Lipinski definition) is 5. The first-order valence-corrected chi connectivity index (χ1v) is 8.22. The lowest BCUT2D eigenvalue weighted by atomic mass is 10.2. The molecule has 0 fully saturated rings. The zero-order chi connectivity index (χ0) is 15.1. The fourth-order valence-electron chi connectivity index (χ4n) is 2.27. The van der Waals surface area contributed by atoms with E-state index in [0.29, 0.717) is 4.88 Å². The molecule has 2 N–H and O–H groups in total. The molecule has 22 heavy (non-hydrogen) atoms. The molecule has 3 aromatic heterocycles. The van der Waals surface area contributed by atoms with Gasteiger partial charge >= 0.3 is 0 Å². The Bertz CT molecular complexity index is 1000. The maximum Gasteiger partial charge on any atom is 0.267 e. The Morgan fingerprint density at radius 3 is 2.82 bits per heavy atom. The second-order valence-electron chi connectivity index (χ2n) is 4.73. The first kappa shape index (κ1) is 13.2. The van der Waals surface area contributed by atoms with Gasteiger partial charge in [-0.25, -0.2) is 4.98 Å². The molecule has 4 nitrogen and oxygen atoms in total. The van der Waals surface area contributed by atoms with E-state index >= 15 is 0 Å². The van der Waals surface area contributed by atoms with Crippen LogP contribution in [0.5, 0.6) is 5.75 Å². The first-order chi connectivity index (χ1) is 10.7. The molecule has 0 atom stereocenters. The third-order valence-corrected chi connectivity index (χ3v) is 5.71. The minimum atomic E-state index is -0.258. The molecule has 1 amide bonds. The van der Waals surface area contributed by atoms with Crippen LogP contribution >= 0.6 is 22.7 Å². The average molecular weight is 326 g/mol. The van der Waals surface area contributed by atoms with Crippen LogP contribution in [-0.2, 0) is 0 Å². The van der Waals surface area contributed by atoms with Crippen molar-refractivity contribution < 1.29 is 9.90 Å². The van der Waals surface area contributed by atoms with Crippen LogP contribution in [0.15, 0.2) is 48.7 Å². The van der Waals surface area contributed by atoms with Gasteiger partial charge in [0.2, 0.25) is 0 Å². The molecular weight excluding hydrogens is 316 g/mol. The molecular formula is C16H10N2O2S2. The Kier molecular flexibility index (Phi) is 3.06. The van der Waals surface area contributed by atoms with Crippen LogP contribution < -0.4 is 5.32 Å². The van der Waals surface area contributed by atoms with Gasteiger partial charge in [0.15, 0.2) is 11.6 Å². The van der Waals surface area contributed by atoms with Crippen LogP contribution in [0, 0.1) is 0 Å². The van der Waals surface area contributed by atoms with Gasteiger partial charge in [-0.15, -0.1) is 22.7 Å². The lowest BCUT2D eigenvalue weighted by molar-refractivity contribution is 0.102. The smallest absolute Gasteiger partial charge is 0.267 e. The molecule has 3 heterocycles. The number of amides is 1. The minimum Gasteiger partial charge on any atom is -0.504 e. The number of pyridine rings is 1. The summed E-state index contributed by atoms with van der Waals surface area (Å²) in [4.78, 5) is 16.9. The number of hydrogen-bond donors (Lipinski definition) is 2. The maximum absolute atomic E-state index is 12.3. The molecule has 1 aromatic carbocycles. The highest BCUT2D eigenvalue weighted by atomic mass is 32.1. The van der Waals surface area contributed by atoms with Gasteiger partial charge in [0.05, 0.1) is 9.58 Å². The fraction of sp³-hybridized carbons (Fsp3) is 0. The molecule has 0 saturated heterocycles. The molecule has 0 saturated carbocycles. The topological polar surface area (TPSA) is 62.2 Å². The standard InChI is InChI=1S/C16H10N2O2S2/c19-10-5-3-7-17-15(10)18-16(20)13-8-12-14(22-13)9-4-1-2-6-11(9)21-12/h1-8,19H,(H,17,18,20). The van der Waals surface area contributed by atoms with E-state index < -0.39 is 0 Å². The molecule has 0 aliphatic rings. The van der Waals surface area contributed by atoms with E-state index in [1.807, 2.05) is 18.2 Å². The van der Waals surface area contributed by atoms with Crippen molar-refractivity contribution in [2.45, 2.75) is 0 Å². The summed E-state index contributed by atoms with van der Waals surface area (Å²) < 4.78 is 3.44. The third kappa shape index (κ3) is 2.13. The number of anilines is 1. The molecule has 0 spiro atoms. The molecule has 0 aliphatic heterocycles. The summed E-state index contributed by atoms with van der Waals surface area (Å²) in [5, 5.41) is 13.5. The van der Waals surface area contributed by atoms with Gasteiger partial charge in [0.25, 0.3) is 5.91 Å². The second-order valence-corrected chi connectivity index (χ2v) is 6.86. The Hall–Kier alpha value is -2.44. The average Bonchev–Trinajstić information content (AvgIpc) is 3.07. The predicted molar refractivity (Wildman–Crippen MR) is 91.1 cm³/mol. The highest BCUT2D eigenvalue weighted by Gasteiger charge is 2.15. The second kappa shape index (κ2) is 5.08. The lowest BCUT2D eigenvalue weighted by Gasteiger charge is -2.03. The number of nitrogens with one attached hydrogen (secondary N) is 1. The lowest BCUT2D eigenvalue weighted by Crippen LogP contribution is -2.11. The van der Waals surface area contributed by atoms with Crippen LogP contribution in [0.3, 0.4) is 0 Å². The van der Waals surface area contributed by atoms with Crippen molar-refractivity contribution in [2.75, 3.05) is 5.32 Å². The van der Waals surface area contributed by atoms with Gasteiger partial charge in [-0.3, -0.25) is 4.79 Å². The predicted octanol–water partition coefficient (Wildman–Crippen LogP) is 4.47. The molecule has 0 radical (unpaired) electrons. The largest absolute Gasteiger partial charge is 0.504 e. The normalized spacial score (nSPS) is 11.1. The highest BCUT2D eigenvalue weighted by Crippen LogP contribution is 2.39. The number of benzene rings is 1. The molecule has 4 aromatic rings. The zero-order valence-corrected chi connectivity index (χ0v) is 12.9. The van der Waals surface area contributed by atoms with E-state index in [-0.39, 0.29) is 17.5 Å². The molecule has 108 valence electrons. The van der Waals surface area contributed by atoms with Crippen LogP contribution in [0.1, 0.15) is 9.67 Å². The maximum atomic E-state index is 12.3. The summed E-state index contributed by atoms with van der Waals surface area (Å²) in [6, 6.07) is 13.1. The van der Waals surface area contributed by atoms with Crippen molar-refractivity contribution in [3.63, 3.8) is 0 Å². The summed E-state index contributed by atoms with van der Waals surface area (Å²) in [6.07, 6.45) is 1.52. The molecule has 0 aliphatic carbocycles. The fourth-order valence-corrected chi connectivity index (χ4v) is 4.69. The van der Waals surface area contributed by atoms with Gasteiger partial charge in [0, 0.05) is 21.0 Å². The first-order valence-electron chi connectivity index (χ1n) is 6.59. The molecule has 0 unspecified atom stereocenters. The quantitative estimate of drug-likeness (QED) is 0.571. The number of aromatic nitrogens is 1. The van der Waals surface area contributed by atoms with Crippen LogP contribution in [0.2, 0.25) is 0 Å². The monoisotopic (exact) mass is 326 g/mol. The number of carbonyl (C=O) groups excluding carboxylic acids is 1. The van der Waals surface area contributed by atoms with Crippen molar-refractivity contribution in [1.29, 1.82) is 0 Å². The van der Waals surface area contributed by atoms with Crippen LogP contribution in [0.25, 0.3) is 19.5 Å². The van der Waals surface area contributed by atoms with Gasteiger partial charge in [0.1, 0.15) is 0 Å². The number of nitrogens with zero attached hydrogens (tertiary/aromatic N) is 1. The number of carbonyl (C=O) groups is 1. The van der Waals surface area contributed by atoms with Crippen molar-refractivity contribution in [3.05, 3.63) is 53.5 Å². The summed E-state index contributed by atoms with van der Waals surface area (Å²) in [6.45, 7) is 0. The Labute approximate surface area is 133 Å². The van der Waals surface area contributed by atoms with Crippen molar-refractivity contribution in [1.82, 2.24) is 4.98 Å². The van der Waals surface area contributed by atoms with Gasteiger partial charge in [-0.1, -0.05) is 18.2 Å². The Morgan fingerprint density at radius 1 is 1.09 bits per heavy atom. The van der Waals surface area contributed by atoms with E-state index in [4.69, 9.17) is 0 Å². The van der Waals surface area contributed by atoms with Crippen LogP contribution in [0.4, 0.5) is 5.82 Å². The minimum absolute atomic E-state index is 0.0420. The zero-order valence-electron chi connectivity index (χ0n) is 11.2. The van der Waals surface area contributed by atoms with Crippen molar-refractivity contribution >= 4 is 53.9 Å². The van der Waals surface area contributed by atoms with Gasteiger partial charge < -0.3 is 10.4 Å². The molecule has 0 bridgehead atoms. The van der Waals surface area contributed by atoms with Crippen molar-refractivity contribution in [2.24, 2.45) is 0 Å². The van der Waals surface area contributed by atoms with Gasteiger partial charge in [-0.05, 0) is 24.3 Å². The Balaban J connectivity index is 1.72. The van der Waals surface area contributed by atoms with E-state index in [2.05, 4.69) is 22.4 Å². The number of fused-ring (bicyclic) bond motifs is 3. The summed E-state index contributed by atoms with van der Waals surface area (Å²) in [5.41, 5.74) is 0. The number of rotatable bonds is 2. The summed E-state index contributed by atoms with van der Waals surface area (Å²) >= 11 is 3.13. The van der Waals surface area contributed by atoms with E-state index in [1.165, 1.54) is 33.7 Å². The summed E-state index contributed by atoms with van der Waals surface area (Å²) in [5.74, 6) is -0.125. The third-order valence-electron chi connectivity index (χ3n) is 3.29.